The number of benzene rings is 1. The number of hydrogen-bond donors (Lipinski definition) is 0. The van der Waals surface area contributed by atoms with Gasteiger partial charge in [-0.25, -0.2) is 15.0 Å². The first-order valence-corrected chi connectivity index (χ1v) is 9.87. The van der Waals surface area contributed by atoms with E-state index in [9.17, 15) is 0 Å². The van der Waals surface area contributed by atoms with E-state index in [1.165, 1.54) is 11.8 Å². The fourth-order valence-electron chi connectivity index (χ4n) is 3.11. The molecule has 0 bridgehead atoms. The monoisotopic (exact) mass is 376 g/mol. The first-order chi connectivity index (χ1) is 13.2. The molecule has 0 saturated heterocycles. The number of aryl methyl sites for hydroxylation is 1. The van der Waals surface area contributed by atoms with Gasteiger partial charge in [0.1, 0.15) is 0 Å². The van der Waals surface area contributed by atoms with Crippen LogP contribution in [-0.4, -0.2) is 35.6 Å². The van der Waals surface area contributed by atoms with Crippen molar-refractivity contribution in [1.82, 2.24) is 29.3 Å². The lowest BCUT2D eigenvalue weighted by molar-refractivity contribution is 0.642. The quantitative estimate of drug-likeness (QED) is 0.388. The molecule has 3 aromatic heterocycles. The van der Waals surface area contributed by atoms with Crippen LogP contribution in [0.3, 0.4) is 0 Å². The van der Waals surface area contributed by atoms with E-state index in [-0.39, 0.29) is 6.04 Å². The summed E-state index contributed by atoms with van der Waals surface area (Å²) in [5, 5.41) is 5.06. The summed E-state index contributed by atoms with van der Waals surface area (Å²) in [6.07, 6.45) is 11.5. The largest absolute Gasteiger partial charge is 0.323 e. The Morgan fingerprint density at radius 3 is 2.33 bits per heavy atom. The first kappa shape index (κ1) is 17.5. The molecule has 1 aromatic carbocycles. The molecule has 136 valence electrons. The van der Waals surface area contributed by atoms with Crippen LogP contribution in [-0.2, 0) is 7.05 Å². The normalized spacial score (nSPS) is 12.3. The van der Waals surface area contributed by atoms with Crippen LogP contribution in [0.2, 0.25) is 0 Å². The van der Waals surface area contributed by atoms with Gasteiger partial charge in [0.25, 0.3) is 0 Å². The molecule has 0 unspecified atom stereocenters. The van der Waals surface area contributed by atoms with E-state index in [4.69, 9.17) is 4.98 Å². The summed E-state index contributed by atoms with van der Waals surface area (Å²) in [6.45, 7) is 2.15. The Labute approximate surface area is 162 Å². The molecule has 0 aliphatic carbocycles. The van der Waals surface area contributed by atoms with E-state index in [1.807, 2.05) is 67.3 Å². The van der Waals surface area contributed by atoms with Gasteiger partial charge in [0.15, 0.2) is 5.16 Å². The van der Waals surface area contributed by atoms with Crippen molar-refractivity contribution in [2.45, 2.75) is 18.1 Å². The Hall–Kier alpha value is -2.93. The maximum Gasteiger partial charge on any atom is 0.187 e. The Balaban J connectivity index is 1.87. The molecule has 27 heavy (non-hydrogen) atoms. The van der Waals surface area contributed by atoms with E-state index in [0.717, 1.165) is 33.2 Å². The molecule has 0 amide bonds. The summed E-state index contributed by atoms with van der Waals surface area (Å²) < 4.78 is 3.98. The van der Waals surface area contributed by atoms with Crippen LogP contribution in [0.25, 0.3) is 22.5 Å². The van der Waals surface area contributed by atoms with Crippen LogP contribution in [0, 0.1) is 0 Å². The second kappa shape index (κ2) is 7.36. The molecule has 0 radical (unpaired) electrons. The highest BCUT2D eigenvalue weighted by Gasteiger charge is 2.20. The molecule has 0 saturated carbocycles. The van der Waals surface area contributed by atoms with Crippen molar-refractivity contribution >= 4 is 11.8 Å². The predicted molar refractivity (Wildman–Crippen MR) is 107 cm³/mol. The van der Waals surface area contributed by atoms with Gasteiger partial charge in [0.2, 0.25) is 0 Å². The van der Waals surface area contributed by atoms with E-state index >= 15 is 0 Å². The van der Waals surface area contributed by atoms with E-state index < -0.39 is 0 Å². The van der Waals surface area contributed by atoms with Crippen molar-refractivity contribution in [3.63, 3.8) is 0 Å². The van der Waals surface area contributed by atoms with Gasteiger partial charge in [-0.15, -0.1) is 0 Å². The van der Waals surface area contributed by atoms with Crippen LogP contribution in [0.5, 0.6) is 0 Å². The van der Waals surface area contributed by atoms with Gasteiger partial charge >= 0.3 is 0 Å². The molecule has 1 atom stereocenters. The third-order valence-corrected chi connectivity index (χ3v) is 5.13. The number of rotatable bonds is 5. The summed E-state index contributed by atoms with van der Waals surface area (Å²) >= 11 is 1.53. The lowest BCUT2D eigenvalue weighted by Crippen LogP contribution is -2.07. The zero-order valence-electron chi connectivity index (χ0n) is 15.4. The molecule has 0 aliphatic heterocycles. The van der Waals surface area contributed by atoms with Gasteiger partial charge in [-0.3, -0.25) is 4.68 Å². The topological polar surface area (TPSA) is 61.4 Å². The minimum Gasteiger partial charge on any atom is -0.323 e. The van der Waals surface area contributed by atoms with Crippen LogP contribution in [0.1, 0.15) is 18.5 Å². The van der Waals surface area contributed by atoms with Gasteiger partial charge in [-0.2, -0.15) is 5.10 Å². The van der Waals surface area contributed by atoms with E-state index in [1.54, 1.807) is 0 Å². The standard InChI is InChI=1S/C20H20N6S/c1-14(17-11-24-25(2)12-17)26-13-23-18(15-7-5-4-6-8-15)19(26)16-9-21-20(27-3)22-10-16/h4-14H,1-3H3/t14-/m0/s1. The average Bonchev–Trinajstić information content (AvgIpc) is 3.35. The SMILES string of the molecule is CSc1ncc(-c2c(-c3ccccc3)ncn2[C@@H](C)c2cnn(C)c2)cn1. The molecular weight excluding hydrogens is 356 g/mol. The van der Waals surface area contributed by atoms with Crippen LogP contribution >= 0.6 is 11.8 Å². The van der Waals surface area contributed by atoms with E-state index in [2.05, 4.69) is 38.7 Å². The molecule has 3 heterocycles. The Bertz CT molecular complexity index is 1040. The fourth-order valence-corrected chi connectivity index (χ4v) is 3.42. The third-order valence-electron chi connectivity index (χ3n) is 4.55. The lowest BCUT2D eigenvalue weighted by Gasteiger charge is -2.16. The van der Waals surface area contributed by atoms with Gasteiger partial charge in [0, 0.05) is 42.3 Å². The van der Waals surface area contributed by atoms with Crippen LogP contribution < -0.4 is 0 Å². The number of hydrogen-bond acceptors (Lipinski definition) is 5. The summed E-state index contributed by atoms with van der Waals surface area (Å²) in [7, 11) is 1.93. The molecule has 0 spiro atoms. The molecule has 6 nitrogen and oxygen atoms in total. The number of imidazole rings is 1. The highest BCUT2D eigenvalue weighted by atomic mass is 32.2. The summed E-state index contributed by atoms with van der Waals surface area (Å²) in [5.74, 6) is 0. The average molecular weight is 376 g/mol. The predicted octanol–water partition coefficient (Wildman–Crippen LogP) is 4.07. The number of nitrogens with zero attached hydrogens (tertiary/aromatic N) is 6. The molecule has 4 aromatic rings. The maximum atomic E-state index is 4.73. The second-order valence-electron chi connectivity index (χ2n) is 6.30. The molecule has 7 heteroatoms. The molecule has 0 fully saturated rings. The van der Waals surface area contributed by atoms with Crippen molar-refractivity contribution < 1.29 is 0 Å². The van der Waals surface area contributed by atoms with Crippen molar-refractivity contribution in [3.05, 3.63) is 67.0 Å². The third kappa shape index (κ3) is 3.38. The minimum atomic E-state index is 0.0823. The Morgan fingerprint density at radius 1 is 0.963 bits per heavy atom. The smallest absolute Gasteiger partial charge is 0.187 e. The van der Waals surface area contributed by atoms with Crippen molar-refractivity contribution in [1.29, 1.82) is 0 Å². The van der Waals surface area contributed by atoms with Crippen molar-refractivity contribution in [3.8, 4) is 22.5 Å². The Morgan fingerprint density at radius 2 is 1.70 bits per heavy atom. The van der Waals surface area contributed by atoms with Crippen molar-refractivity contribution in [2.24, 2.45) is 7.05 Å². The van der Waals surface area contributed by atoms with Gasteiger partial charge in [-0.05, 0) is 13.2 Å². The summed E-state index contributed by atoms with van der Waals surface area (Å²) in [4.78, 5) is 13.7. The van der Waals surface area contributed by atoms with Gasteiger partial charge in [-0.1, -0.05) is 42.1 Å². The highest BCUT2D eigenvalue weighted by molar-refractivity contribution is 7.98. The second-order valence-corrected chi connectivity index (χ2v) is 7.07. The highest BCUT2D eigenvalue weighted by Crippen LogP contribution is 2.34. The minimum absolute atomic E-state index is 0.0823. The zero-order valence-corrected chi connectivity index (χ0v) is 16.3. The summed E-state index contributed by atoms with van der Waals surface area (Å²) in [5.41, 5.74) is 5.06. The molecular formula is C20H20N6S. The fraction of sp³-hybridized carbons (Fsp3) is 0.200. The summed E-state index contributed by atoms with van der Waals surface area (Å²) in [6, 6.07) is 10.3. The number of aromatic nitrogens is 6. The molecule has 0 aliphatic rings. The lowest BCUT2D eigenvalue weighted by atomic mass is 10.1. The van der Waals surface area contributed by atoms with Crippen LogP contribution in [0.15, 0.2) is 66.6 Å². The van der Waals surface area contributed by atoms with Crippen LogP contribution in [0.4, 0.5) is 0 Å². The number of thioether (sulfide) groups is 1. The Kier molecular flexibility index (Phi) is 4.77. The van der Waals surface area contributed by atoms with Gasteiger partial charge in [0.05, 0.1) is 30.0 Å². The first-order valence-electron chi connectivity index (χ1n) is 8.64. The zero-order chi connectivity index (χ0) is 18.8. The maximum absolute atomic E-state index is 4.73. The molecule has 0 N–H and O–H groups in total. The van der Waals surface area contributed by atoms with Crippen molar-refractivity contribution in [2.75, 3.05) is 6.26 Å². The van der Waals surface area contributed by atoms with E-state index in [0.29, 0.717) is 0 Å². The van der Waals surface area contributed by atoms with Gasteiger partial charge < -0.3 is 4.57 Å². The molecule has 4 rings (SSSR count).